The number of nitrogens with zero attached hydrogens (tertiary/aromatic N) is 2. The molecular weight excluding hydrogens is 281 g/mol. The first kappa shape index (κ1) is 14.4. The molecule has 0 saturated heterocycles. The Kier molecular flexibility index (Phi) is 3.71. The van der Waals surface area contributed by atoms with Gasteiger partial charge in [0.2, 0.25) is 0 Å². The minimum absolute atomic E-state index is 0.0591. The highest BCUT2D eigenvalue weighted by molar-refractivity contribution is 7.90. The maximum Gasteiger partial charge on any atom is 0.175 e. The number of sulfone groups is 1. The fourth-order valence-electron chi connectivity index (χ4n) is 1.62. The number of anilines is 2. The molecule has 2 aromatic rings. The van der Waals surface area contributed by atoms with Crippen LogP contribution in [-0.2, 0) is 9.84 Å². The monoisotopic (exact) mass is 295 g/mol. The van der Waals surface area contributed by atoms with Crippen LogP contribution in [0.25, 0.3) is 0 Å². The van der Waals surface area contributed by atoms with Gasteiger partial charge in [-0.05, 0) is 32.0 Å². The molecule has 0 bridgehead atoms. The molecule has 0 saturated carbocycles. The average Bonchev–Trinajstić information content (AvgIpc) is 2.36. The van der Waals surface area contributed by atoms with Gasteiger partial charge in [-0.2, -0.15) is 0 Å². The predicted octanol–water partition coefficient (Wildman–Crippen LogP) is 2.38. The zero-order valence-electron chi connectivity index (χ0n) is 11.3. The fourth-order valence-corrected chi connectivity index (χ4v) is 2.25. The van der Waals surface area contributed by atoms with Gasteiger partial charge in [-0.25, -0.2) is 22.8 Å². The quantitative estimate of drug-likeness (QED) is 0.941. The van der Waals surface area contributed by atoms with Crippen LogP contribution < -0.4 is 5.32 Å². The van der Waals surface area contributed by atoms with Gasteiger partial charge in [0.25, 0.3) is 0 Å². The number of halogens is 1. The van der Waals surface area contributed by atoms with Crippen molar-refractivity contribution in [3.8, 4) is 0 Å². The normalized spacial score (nSPS) is 11.4. The zero-order valence-corrected chi connectivity index (χ0v) is 12.1. The van der Waals surface area contributed by atoms with Crippen molar-refractivity contribution >= 4 is 21.3 Å². The summed E-state index contributed by atoms with van der Waals surface area (Å²) in [6.45, 7) is 3.64. The minimum atomic E-state index is -3.42. The molecule has 0 aliphatic heterocycles. The van der Waals surface area contributed by atoms with Crippen LogP contribution >= 0.6 is 0 Å². The first-order valence-electron chi connectivity index (χ1n) is 5.84. The SMILES string of the molecule is Cc1ncnc(Nc2ccc(S(C)(=O)=O)cc2F)c1C. The molecule has 1 aromatic carbocycles. The molecule has 0 aliphatic carbocycles. The number of nitrogens with one attached hydrogen (secondary N) is 1. The number of aromatic nitrogens is 2. The van der Waals surface area contributed by atoms with E-state index in [0.29, 0.717) is 5.82 Å². The van der Waals surface area contributed by atoms with Crippen molar-refractivity contribution in [1.82, 2.24) is 9.97 Å². The van der Waals surface area contributed by atoms with Crippen LogP contribution in [0, 0.1) is 19.7 Å². The molecule has 7 heteroatoms. The summed E-state index contributed by atoms with van der Waals surface area (Å²) in [5.74, 6) is -0.160. The predicted molar refractivity (Wildman–Crippen MR) is 74.3 cm³/mol. The van der Waals surface area contributed by atoms with E-state index in [2.05, 4.69) is 15.3 Å². The van der Waals surface area contributed by atoms with Crippen LogP contribution in [0.4, 0.5) is 15.9 Å². The third kappa shape index (κ3) is 2.93. The van der Waals surface area contributed by atoms with Gasteiger partial charge < -0.3 is 5.32 Å². The van der Waals surface area contributed by atoms with Crippen molar-refractivity contribution in [3.63, 3.8) is 0 Å². The van der Waals surface area contributed by atoms with Crippen molar-refractivity contribution in [2.75, 3.05) is 11.6 Å². The Bertz CT molecular complexity index is 760. The molecule has 20 heavy (non-hydrogen) atoms. The Labute approximate surface area is 116 Å². The summed E-state index contributed by atoms with van der Waals surface area (Å²) in [6, 6.07) is 3.72. The first-order chi connectivity index (χ1) is 9.29. The zero-order chi connectivity index (χ0) is 14.9. The molecule has 2 rings (SSSR count). The van der Waals surface area contributed by atoms with Crippen molar-refractivity contribution in [2.24, 2.45) is 0 Å². The second-order valence-electron chi connectivity index (χ2n) is 4.47. The second kappa shape index (κ2) is 5.16. The van der Waals surface area contributed by atoms with Gasteiger partial charge in [0.1, 0.15) is 18.0 Å². The van der Waals surface area contributed by atoms with E-state index in [1.807, 2.05) is 13.8 Å². The third-order valence-electron chi connectivity index (χ3n) is 2.96. The molecule has 0 atom stereocenters. The minimum Gasteiger partial charge on any atom is -0.338 e. The average molecular weight is 295 g/mol. The van der Waals surface area contributed by atoms with Crippen LogP contribution in [0.5, 0.6) is 0 Å². The summed E-state index contributed by atoms with van der Waals surface area (Å²) >= 11 is 0. The summed E-state index contributed by atoms with van der Waals surface area (Å²) in [5.41, 5.74) is 1.76. The van der Waals surface area contributed by atoms with Gasteiger partial charge in [-0.15, -0.1) is 0 Å². The Morgan fingerprint density at radius 1 is 1.20 bits per heavy atom. The van der Waals surface area contributed by atoms with Gasteiger partial charge >= 0.3 is 0 Å². The first-order valence-corrected chi connectivity index (χ1v) is 7.73. The maximum atomic E-state index is 13.9. The second-order valence-corrected chi connectivity index (χ2v) is 6.49. The van der Waals surface area contributed by atoms with E-state index < -0.39 is 15.7 Å². The number of benzene rings is 1. The van der Waals surface area contributed by atoms with Crippen LogP contribution in [0.3, 0.4) is 0 Å². The lowest BCUT2D eigenvalue weighted by Gasteiger charge is -2.11. The van der Waals surface area contributed by atoms with Gasteiger partial charge in [-0.3, -0.25) is 0 Å². The van der Waals surface area contributed by atoms with Crippen molar-refractivity contribution in [3.05, 3.63) is 41.6 Å². The van der Waals surface area contributed by atoms with Gasteiger partial charge in [0.15, 0.2) is 9.84 Å². The Hall–Kier alpha value is -2.02. The summed E-state index contributed by atoms with van der Waals surface area (Å²) in [6.07, 6.45) is 2.42. The van der Waals surface area contributed by atoms with Crippen LogP contribution in [0.15, 0.2) is 29.4 Å². The molecule has 106 valence electrons. The van der Waals surface area contributed by atoms with E-state index in [9.17, 15) is 12.8 Å². The van der Waals surface area contributed by atoms with Gasteiger partial charge in [0.05, 0.1) is 10.6 Å². The molecule has 1 aromatic heterocycles. The molecule has 0 radical (unpaired) electrons. The molecular formula is C13H14FN3O2S. The number of hydrogen-bond donors (Lipinski definition) is 1. The Morgan fingerprint density at radius 2 is 1.90 bits per heavy atom. The molecule has 1 heterocycles. The highest BCUT2D eigenvalue weighted by Gasteiger charge is 2.12. The van der Waals surface area contributed by atoms with Crippen LogP contribution in [0.1, 0.15) is 11.3 Å². The Morgan fingerprint density at radius 3 is 2.50 bits per heavy atom. The van der Waals surface area contributed by atoms with E-state index in [1.165, 1.54) is 18.5 Å². The van der Waals surface area contributed by atoms with E-state index in [0.717, 1.165) is 23.6 Å². The summed E-state index contributed by atoms with van der Waals surface area (Å²) in [5, 5.41) is 2.84. The summed E-state index contributed by atoms with van der Waals surface area (Å²) in [4.78, 5) is 8.01. The highest BCUT2D eigenvalue weighted by Crippen LogP contribution is 2.24. The van der Waals surface area contributed by atoms with E-state index >= 15 is 0 Å². The fraction of sp³-hybridized carbons (Fsp3) is 0.231. The molecule has 0 spiro atoms. The summed E-state index contributed by atoms with van der Waals surface area (Å²) < 4.78 is 36.6. The van der Waals surface area contributed by atoms with E-state index in [-0.39, 0.29) is 10.6 Å². The van der Waals surface area contributed by atoms with E-state index in [1.54, 1.807) is 0 Å². The summed E-state index contributed by atoms with van der Waals surface area (Å²) in [7, 11) is -3.42. The lowest BCUT2D eigenvalue weighted by Crippen LogP contribution is -2.03. The van der Waals surface area contributed by atoms with Crippen LogP contribution in [-0.4, -0.2) is 24.6 Å². The smallest absolute Gasteiger partial charge is 0.175 e. The van der Waals surface area contributed by atoms with Crippen molar-refractivity contribution < 1.29 is 12.8 Å². The largest absolute Gasteiger partial charge is 0.338 e. The topological polar surface area (TPSA) is 72.0 Å². The van der Waals surface area contributed by atoms with Gasteiger partial charge in [0, 0.05) is 17.5 Å². The molecule has 5 nitrogen and oxygen atoms in total. The third-order valence-corrected chi connectivity index (χ3v) is 4.07. The van der Waals surface area contributed by atoms with Crippen LogP contribution in [0.2, 0.25) is 0 Å². The van der Waals surface area contributed by atoms with Crippen molar-refractivity contribution in [2.45, 2.75) is 18.7 Å². The molecule has 1 N–H and O–H groups in total. The number of hydrogen-bond acceptors (Lipinski definition) is 5. The lowest BCUT2D eigenvalue weighted by atomic mass is 10.2. The maximum absolute atomic E-state index is 13.9. The highest BCUT2D eigenvalue weighted by atomic mass is 32.2. The van der Waals surface area contributed by atoms with Gasteiger partial charge in [-0.1, -0.05) is 0 Å². The molecule has 0 amide bonds. The number of aryl methyl sites for hydroxylation is 1. The molecule has 0 aliphatic rings. The van der Waals surface area contributed by atoms with E-state index in [4.69, 9.17) is 0 Å². The standard InChI is InChI=1S/C13H14FN3O2S/c1-8-9(2)15-7-16-13(8)17-12-5-4-10(6-11(12)14)20(3,18)19/h4-7H,1-3H3,(H,15,16,17). The van der Waals surface area contributed by atoms with Crippen molar-refractivity contribution in [1.29, 1.82) is 0 Å². The Balaban J connectivity index is 2.38. The lowest BCUT2D eigenvalue weighted by molar-refractivity contribution is 0.596. The molecule has 0 fully saturated rings. The number of rotatable bonds is 3. The molecule has 0 unspecified atom stereocenters.